The summed E-state index contributed by atoms with van der Waals surface area (Å²) in [4.78, 5) is 24.5. The van der Waals surface area contributed by atoms with Crippen molar-refractivity contribution in [3.8, 4) is 0 Å². The van der Waals surface area contributed by atoms with E-state index in [2.05, 4.69) is 0 Å². The standard InChI is InChI=1S/C17H15NO3S/c1-12(19)21-16-15(13-8-4-2-5-9-13)18(17(16)20)22-14-10-6-3-7-11-14/h2-11,15-16H,1H3/t15-,16-/m0/s1. The lowest BCUT2D eigenvalue weighted by Gasteiger charge is -2.44. The van der Waals surface area contributed by atoms with Gasteiger partial charge in [-0.25, -0.2) is 0 Å². The first-order valence-electron chi connectivity index (χ1n) is 6.95. The highest BCUT2D eigenvalue weighted by Crippen LogP contribution is 2.44. The number of benzene rings is 2. The molecule has 1 aliphatic rings. The molecule has 0 saturated carbocycles. The molecule has 1 saturated heterocycles. The van der Waals surface area contributed by atoms with Crippen LogP contribution in [-0.4, -0.2) is 22.3 Å². The van der Waals surface area contributed by atoms with Gasteiger partial charge in [-0.1, -0.05) is 48.5 Å². The number of carbonyl (C=O) groups excluding carboxylic acids is 2. The van der Waals surface area contributed by atoms with Crippen molar-refractivity contribution in [2.75, 3.05) is 0 Å². The van der Waals surface area contributed by atoms with E-state index in [0.29, 0.717) is 0 Å². The van der Waals surface area contributed by atoms with E-state index in [1.165, 1.54) is 18.9 Å². The number of ether oxygens (including phenoxy) is 1. The minimum Gasteiger partial charge on any atom is -0.450 e. The second-order valence-electron chi connectivity index (χ2n) is 4.95. The zero-order valence-corrected chi connectivity index (χ0v) is 12.8. The van der Waals surface area contributed by atoms with Gasteiger partial charge >= 0.3 is 5.97 Å². The van der Waals surface area contributed by atoms with Crippen molar-refractivity contribution < 1.29 is 14.3 Å². The van der Waals surface area contributed by atoms with Crippen molar-refractivity contribution in [2.45, 2.75) is 24.0 Å². The van der Waals surface area contributed by atoms with Gasteiger partial charge in [0.25, 0.3) is 5.91 Å². The third-order valence-electron chi connectivity index (χ3n) is 3.38. The Morgan fingerprint density at radius 1 is 1.05 bits per heavy atom. The van der Waals surface area contributed by atoms with Crippen LogP contribution in [0.2, 0.25) is 0 Å². The van der Waals surface area contributed by atoms with Crippen molar-refractivity contribution in [1.29, 1.82) is 0 Å². The molecule has 1 fully saturated rings. The molecular weight excluding hydrogens is 298 g/mol. The Morgan fingerprint density at radius 2 is 1.64 bits per heavy atom. The molecule has 112 valence electrons. The van der Waals surface area contributed by atoms with E-state index in [0.717, 1.165) is 10.5 Å². The SMILES string of the molecule is CC(=O)O[C@@H]1C(=O)N(Sc2ccccc2)[C@H]1c1ccccc1. The summed E-state index contributed by atoms with van der Waals surface area (Å²) in [6.45, 7) is 1.32. The van der Waals surface area contributed by atoms with Crippen LogP contribution in [0.25, 0.3) is 0 Å². The van der Waals surface area contributed by atoms with Crippen LogP contribution in [0, 0.1) is 0 Å². The minimum atomic E-state index is -0.740. The lowest BCUT2D eigenvalue weighted by molar-refractivity contribution is -0.173. The van der Waals surface area contributed by atoms with E-state index in [1.807, 2.05) is 60.7 Å². The van der Waals surface area contributed by atoms with Crippen molar-refractivity contribution >= 4 is 23.8 Å². The molecule has 0 radical (unpaired) electrons. The van der Waals surface area contributed by atoms with Gasteiger partial charge in [0.2, 0.25) is 6.10 Å². The number of nitrogens with zero attached hydrogens (tertiary/aromatic N) is 1. The lowest BCUT2D eigenvalue weighted by atomic mass is 9.94. The molecule has 3 rings (SSSR count). The number of esters is 1. The highest BCUT2D eigenvalue weighted by Gasteiger charge is 2.51. The van der Waals surface area contributed by atoms with Gasteiger partial charge in [-0.2, -0.15) is 0 Å². The Kier molecular flexibility index (Phi) is 4.15. The number of carbonyl (C=O) groups is 2. The van der Waals surface area contributed by atoms with Crippen LogP contribution < -0.4 is 0 Å². The number of hydrogen-bond donors (Lipinski definition) is 0. The normalized spacial score (nSPS) is 20.4. The van der Waals surface area contributed by atoms with E-state index in [-0.39, 0.29) is 11.9 Å². The highest BCUT2D eigenvalue weighted by molar-refractivity contribution is 7.97. The lowest BCUT2D eigenvalue weighted by Crippen LogP contribution is -2.56. The van der Waals surface area contributed by atoms with Gasteiger partial charge in [-0.05, 0) is 29.6 Å². The fraction of sp³-hybridized carbons (Fsp3) is 0.176. The Labute approximate surface area is 133 Å². The summed E-state index contributed by atoms with van der Waals surface area (Å²) < 4.78 is 6.85. The largest absolute Gasteiger partial charge is 0.450 e. The molecule has 1 amide bonds. The van der Waals surface area contributed by atoms with Crippen LogP contribution in [0.4, 0.5) is 0 Å². The number of β-lactam (4-membered cyclic amide) rings is 1. The van der Waals surface area contributed by atoms with Gasteiger partial charge < -0.3 is 4.74 Å². The predicted molar refractivity (Wildman–Crippen MR) is 83.9 cm³/mol. The first-order valence-corrected chi connectivity index (χ1v) is 7.72. The number of amides is 1. The quantitative estimate of drug-likeness (QED) is 0.494. The Hall–Kier alpha value is -2.27. The predicted octanol–water partition coefficient (Wildman–Crippen LogP) is 3.21. The average molecular weight is 313 g/mol. The molecule has 1 heterocycles. The third-order valence-corrected chi connectivity index (χ3v) is 4.47. The van der Waals surface area contributed by atoms with E-state index in [1.54, 1.807) is 4.31 Å². The monoisotopic (exact) mass is 313 g/mol. The Bertz CT molecular complexity index is 675. The van der Waals surface area contributed by atoms with Gasteiger partial charge in [0, 0.05) is 11.8 Å². The molecule has 0 aromatic heterocycles. The van der Waals surface area contributed by atoms with Gasteiger partial charge in [-0.15, -0.1) is 0 Å². The van der Waals surface area contributed by atoms with Gasteiger partial charge in [0.05, 0.1) is 0 Å². The van der Waals surface area contributed by atoms with E-state index in [9.17, 15) is 9.59 Å². The molecule has 5 heteroatoms. The molecule has 22 heavy (non-hydrogen) atoms. The van der Waals surface area contributed by atoms with Gasteiger partial charge in [-0.3, -0.25) is 13.9 Å². The topological polar surface area (TPSA) is 46.6 Å². The van der Waals surface area contributed by atoms with Crippen molar-refractivity contribution in [3.05, 3.63) is 66.2 Å². The summed E-state index contributed by atoms with van der Waals surface area (Å²) in [7, 11) is 0. The number of rotatable bonds is 4. The first-order chi connectivity index (χ1) is 10.7. The van der Waals surface area contributed by atoms with Gasteiger partial charge in [0.15, 0.2) is 0 Å². The Balaban J connectivity index is 1.85. The summed E-state index contributed by atoms with van der Waals surface area (Å²) >= 11 is 1.36. The molecule has 0 N–H and O–H groups in total. The zero-order chi connectivity index (χ0) is 15.5. The Morgan fingerprint density at radius 3 is 2.23 bits per heavy atom. The second kappa shape index (κ2) is 6.23. The third kappa shape index (κ3) is 2.85. The molecule has 0 unspecified atom stereocenters. The van der Waals surface area contributed by atoms with Crippen LogP contribution in [0.5, 0.6) is 0 Å². The van der Waals surface area contributed by atoms with Crippen LogP contribution in [-0.2, 0) is 14.3 Å². The maximum absolute atomic E-state index is 12.3. The summed E-state index contributed by atoms with van der Waals surface area (Å²) in [6, 6.07) is 19.0. The minimum absolute atomic E-state index is 0.182. The first kappa shape index (κ1) is 14.7. The summed E-state index contributed by atoms with van der Waals surface area (Å²) in [6.07, 6.45) is -0.740. The molecule has 4 nitrogen and oxygen atoms in total. The molecule has 0 bridgehead atoms. The van der Waals surface area contributed by atoms with E-state index in [4.69, 9.17) is 4.74 Å². The molecular formula is C17H15NO3S. The molecule has 2 atom stereocenters. The average Bonchev–Trinajstić information content (AvgIpc) is 2.55. The van der Waals surface area contributed by atoms with Crippen molar-refractivity contribution in [3.63, 3.8) is 0 Å². The molecule has 1 aliphatic heterocycles. The molecule has 2 aromatic rings. The van der Waals surface area contributed by atoms with E-state index < -0.39 is 12.1 Å². The number of hydrogen-bond acceptors (Lipinski definition) is 4. The van der Waals surface area contributed by atoms with Crippen LogP contribution in [0.15, 0.2) is 65.6 Å². The van der Waals surface area contributed by atoms with Crippen molar-refractivity contribution in [1.82, 2.24) is 4.31 Å². The van der Waals surface area contributed by atoms with Crippen LogP contribution in [0.1, 0.15) is 18.5 Å². The van der Waals surface area contributed by atoms with Crippen LogP contribution >= 0.6 is 11.9 Å². The fourth-order valence-corrected chi connectivity index (χ4v) is 3.43. The van der Waals surface area contributed by atoms with E-state index >= 15 is 0 Å². The summed E-state index contributed by atoms with van der Waals surface area (Å²) in [5.41, 5.74) is 0.955. The summed E-state index contributed by atoms with van der Waals surface area (Å²) in [5, 5.41) is 0. The van der Waals surface area contributed by atoms with Crippen LogP contribution in [0.3, 0.4) is 0 Å². The zero-order valence-electron chi connectivity index (χ0n) is 12.0. The smallest absolute Gasteiger partial charge is 0.303 e. The summed E-state index contributed by atoms with van der Waals surface area (Å²) in [5.74, 6) is -0.624. The maximum Gasteiger partial charge on any atom is 0.303 e. The fourth-order valence-electron chi connectivity index (χ4n) is 2.39. The highest BCUT2D eigenvalue weighted by atomic mass is 32.2. The second-order valence-corrected chi connectivity index (χ2v) is 6.00. The molecule has 0 aliphatic carbocycles. The van der Waals surface area contributed by atoms with Gasteiger partial charge in [0.1, 0.15) is 6.04 Å². The maximum atomic E-state index is 12.3. The molecule has 2 aromatic carbocycles. The molecule has 0 spiro atoms. The van der Waals surface area contributed by atoms with Crippen molar-refractivity contribution in [2.24, 2.45) is 0 Å².